The molecule has 0 radical (unpaired) electrons. The van der Waals surface area contributed by atoms with Crippen molar-refractivity contribution in [3.63, 3.8) is 0 Å². The number of nitrogens with one attached hydrogen (secondary N) is 2. The Morgan fingerprint density at radius 2 is 1.21 bits per heavy atom. The van der Waals surface area contributed by atoms with Crippen molar-refractivity contribution >= 4 is 34.4 Å². The van der Waals surface area contributed by atoms with Crippen molar-refractivity contribution in [3.8, 4) is 0 Å². The van der Waals surface area contributed by atoms with E-state index in [-0.39, 0.29) is 23.2 Å². The summed E-state index contributed by atoms with van der Waals surface area (Å²) in [5.41, 5.74) is 12.7. The molecule has 6 heteroatoms. The monoisotopic (exact) mass is 680 g/mol. The lowest BCUT2D eigenvalue weighted by atomic mass is 9.65. The summed E-state index contributed by atoms with van der Waals surface area (Å²) in [6, 6.07) is 35.6. The molecule has 2 N–H and O–H groups in total. The molecule has 0 saturated heterocycles. The lowest BCUT2D eigenvalue weighted by Crippen LogP contribution is -2.51. The summed E-state index contributed by atoms with van der Waals surface area (Å²) in [7, 11) is 0. The van der Waals surface area contributed by atoms with Crippen LogP contribution >= 0.6 is 0 Å². The maximum atomic E-state index is 5.10. The van der Waals surface area contributed by atoms with Gasteiger partial charge in [-0.2, -0.15) is 0 Å². The van der Waals surface area contributed by atoms with E-state index < -0.39 is 0 Å². The normalized spacial score (nSPS) is 25.6. The molecule has 0 saturated carbocycles. The maximum absolute atomic E-state index is 5.10. The van der Waals surface area contributed by atoms with Gasteiger partial charge in [-0.1, -0.05) is 113 Å². The lowest BCUT2D eigenvalue weighted by molar-refractivity contribution is 0.326. The molecule has 258 valence electrons. The van der Waals surface area contributed by atoms with Crippen LogP contribution in [0.5, 0.6) is 0 Å². The third kappa shape index (κ3) is 4.62. The van der Waals surface area contributed by atoms with Crippen molar-refractivity contribution in [2.75, 3.05) is 9.80 Å². The van der Waals surface area contributed by atoms with E-state index in [1.54, 1.807) is 0 Å². The van der Waals surface area contributed by atoms with Crippen LogP contribution in [-0.4, -0.2) is 30.0 Å². The minimum atomic E-state index is -0.116. The number of hydrogen-bond donors (Lipinski definition) is 2. The fourth-order valence-corrected chi connectivity index (χ4v) is 9.49. The largest absolute Gasteiger partial charge is 0.345 e. The van der Waals surface area contributed by atoms with Gasteiger partial charge in [0.1, 0.15) is 11.7 Å². The van der Waals surface area contributed by atoms with Gasteiger partial charge in [0.15, 0.2) is 12.3 Å². The molecule has 4 atom stereocenters. The first-order valence-electron chi connectivity index (χ1n) is 18.7. The Labute approximate surface area is 306 Å². The molecule has 4 aromatic rings. The second-order valence-electron chi connectivity index (χ2n) is 15.9. The summed E-state index contributed by atoms with van der Waals surface area (Å²) in [6.07, 6.45) is 15.5. The van der Waals surface area contributed by atoms with Crippen LogP contribution in [-0.2, 0) is 10.8 Å². The fourth-order valence-electron chi connectivity index (χ4n) is 9.49. The van der Waals surface area contributed by atoms with E-state index in [2.05, 4.69) is 182 Å². The molecule has 0 bridgehead atoms. The second-order valence-corrected chi connectivity index (χ2v) is 15.9. The second kappa shape index (κ2) is 11.4. The predicted molar refractivity (Wildman–Crippen MR) is 214 cm³/mol. The molecule has 6 aliphatic rings. The number of hydrogen-bond acceptors (Lipinski definition) is 6. The summed E-state index contributed by atoms with van der Waals surface area (Å²) >= 11 is 0. The fraction of sp³-hybridized carbons (Fsp3) is 0.261. The van der Waals surface area contributed by atoms with Crippen molar-refractivity contribution < 1.29 is 0 Å². The Bertz CT molecular complexity index is 2250. The molecule has 52 heavy (non-hydrogen) atoms. The molecule has 0 aromatic heterocycles. The molecule has 4 heterocycles. The summed E-state index contributed by atoms with van der Waals surface area (Å²) in [4.78, 5) is 15.2. The summed E-state index contributed by atoms with van der Waals surface area (Å²) < 4.78 is 0. The highest BCUT2D eigenvalue weighted by molar-refractivity contribution is 6.05. The number of rotatable bonds is 4. The lowest BCUT2D eigenvalue weighted by Gasteiger charge is -2.51. The van der Waals surface area contributed by atoms with Gasteiger partial charge in [-0.25, -0.2) is 9.98 Å². The number of nitrogens with zero attached hydrogens (tertiary/aromatic N) is 4. The molecule has 4 aromatic carbocycles. The number of allylic oxidation sites excluding steroid dienone is 5. The zero-order valence-electron chi connectivity index (χ0n) is 30.2. The first-order chi connectivity index (χ1) is 25.3. The average Bonchev–Trinajstić information content (AvgIpc) is 3.76. The van der Waals surface area contributed by atoms with Crippen LogP contribution in [0.25, 0.3) is 0 Å². The third-order valence-electron chi connectivity index (χ3n) is 12.3. The van der Waals surface area contributed by atoms with E-state index in [4.69, 9.17) is 9.98 Å². The Kier molecular flexibility index (Phi) is 6.85. The molecule has 0 fully saturated rings. The average molecular weight is 681 g/mol. The maximum Gasteiger partial charge on any atom is 0.163 e. The molecule has 4 aliphatic heterocycles. The molecule has 10 rings (SSSR count). The Morgan fingerprint density at radius 3 is 1.88 bits per heavy atom. The molecular formula is C46H44N6. The zero-order valence-corrected chi connectivity index (χ0v) is 30.2. The van der Waals surface area contributed by atoms with Gasteiger partial charge >= 0.3 is 0 Å². The highest BCUT2D eigenvalue weighted by Gasteiger charge is 2.45. The van der Waals surface area contributed by atoms with Crippen molar-refractivity contribution in [2.24, 2.45) is 15.9 Å². The standard InChI is InChI=1S/C46H44N6/c1-45(2)33-13-5-9-17-37(33)51(38-18-10-6-14-34(38)45)31-25-21-29(22-26-31)41-47-43-44(48-41)50-42(49-43)30-23-27-32(28-24-30)52-39-19-11-7-15-35(39)46(3,4)36-16-8-12-20-40(36)52/h5-23,25-27,35,39,43-44H,24,28H2,1-4H3,(H,47,48)(H,49,50). The molecule has 0 amide bonds. The topological polar surface area (TPSA) is 55.3 Å². The molecule has 4 unspecified atom stereocenters. The summed E-state index contributed by atoms with van der Waals surface area (Å²) in [5.74, 6) is 2.26. The predicted octanol–water partition coefficient (Wildman–Crippen LogP) is 9.31. The zero-order chi connectivity index (χ0) is 35.2. The minimum absolute atomic E-state index is 0.0627. The number of fused-ring (bicyclic) bond motifs is 5. The Balaban J connectivity index is 0.872. The van der Waals surface area contributed by atoms with E-state index in [0.717, 1.165) is 35.8 Å². The van der Waals surface area contributed by atoms with Gasteiger partial charge in [-0.3, -0.25) is 0 Å². The molecule has 2 aliphatic carbocycles. The smallest absolute Gasteiger partial charge is 0.163 e. The van der Waals surface area contributed by atoms with Crippen LogP contribution < -0.4 is 20.4 Å². The van der Waals surface area contributed by atoms with Gasteiger partial charge in [0.2, 0.25) is 0 Å². The third-order valence-corrected chi connectivity index (χ3v) is 12.3. The number of benzene rings is 4. The van der Waals surface area contributed by atoms with Crippen molar-refractivity contribution in [2.45, 2.75) is 69.7 Å². The van der Waals surface area contributed by atoms with Gasteiger partial charge in [0.05, 0.1) is 17.4 Å². The molecular weight excluding hydrogens is 637 g/mol. The number of anilines is 4. The highest BCUT2D eigenvalue weighted by Crippen LogP contribution is 2.52. The van der Waals surface area contributed by atoms with Crippen molar-refractivity contribution in [1.82, 2.24) is 10.6 Å². The van der Waals surface area contributed by atoms with E-state index in [1.807, 2.05) is 0 Å². The van der Waals surface area contributed by atoms with Gasteiger partial charge < -0.3 is 20.4 Å². The van der Waals surface area contributed by atoms with E-state index >= 15 is 0 Å². The van der Waals surface area contributed by atoms with Crippen LogP contribution in [0.3, 0.4) is 0 Å². The van der Waals surface area contributed by atoms with Crippen molar-refractivity contribution in [1.29, 1.82) is 0 Å². The number of para-hydroxylation sites is 3. The van der Waals surface area contributed by atoms with Gasteiger partial charge in [0.25, 0.3) is 0 Å². The molecule has 6 nitrogen and oxygen atoms in total. The van der Waals surface area contributed by atoms with Gasteiger partial charge in [0, 0.05) is 39.4 Å². The number of aliphatic imine (C=N–C) groups is 2. The minimum Gasteiger partial charge on any atom is -0.345 e. The SMILES string of the molecule is CC1(C)c2ccccc2N(c2ccc(C3=NC4NC(C5=CC=C(N6c7ccccc7C(C)(C)C7C=CC=CC76)CC5)=NC4N3)cc2)c2ccccc21. The van der Waals surface area contributed by atoms with Gasteiger partial charge in [-0.05, 0) is 83.6 Å². The van der Waals surface area contributed by atoms with Crippen LogP contribution in [0, 0.1) is 5.92 Å². The van der Waals surface area contributed by atoms with Crippen LogP contribution in [0.15, 0.2) is 155 Å². The van der Waals surface area contributed by atoms with Crippen LogP contribution in [0.4, 0.5) is 22.7 Å². The highest BCUT2D eigenvalue weighted by atomic mass is 15.4. The first kappa shape index (κ1) is 31.1. The Hall–Kier alpha value is -5.62. The van der Waals surface area contributed by atoms with E-state index in [9.17, 15) is 0 Å². The van der Waals surface area contributed by atoms with E-state index in [1.165, 1.54) is 45.0 Å². The summed E-state index contributed by atoms with van der Waals surface area (Å²) in [5, 5.41) is 7.25. The number of amidine groups is 2. The van der Waals surface area contributed by atoms with Crippen LogP contribution in [0.1, 0.15) is 62.8 Å². The quantitative estimate of drug-likeness (QED) is 0.226. The van der Waals surface area contributed by atoms with Crippen molar-refractivity contribution in [3.05, 3.63) is 167 Å². The van der Waals surface area contributed by atoms with E-state index in [0.29, 0.717) is 12.0 Å². The molecule has 0 spiro atoms. The Morgan fingerprint density at radius 1 is 0.615 bits per heavy atom. The van der Waals surface area contributed by atoms with Gasteiger partial charge in [-0.15, -0.1) is 0 Å². The summed E-state index contributed by atoms with van der Waals surface area (Å²) in [6.45, 7) is 9.43. The first-order valence-corrected chi connectivity index (χ1v) is 18.7. The van der Waals surface area contributed by atoms with Crippen LogP contribution in [0.2, 0.25) is 0 Å².